The Balaban J connectivity index is 1.63. The minimum Gasteiger partial charge on any atom is -0.506 e. The molecular weight excluding hydrogens is 372 g/mol. The van der Waals surface area contributed by atoms with Crippen molar-refractivity contribution in [2.24, 2.45) is 4.99 Å². The summed E-state index contributed by atoms with van der Waals surface area (Å²) in [4.78, 5) is 15.4. The van der Waals surface area contributed by atoms with E-state index in [1.807, 2.05) is 0 Å². The van der Waals surface area contributed by atoms with Crippen LogP contribution in [-0.4, -0.2) is 47.4 Å². The zero-order valence-electron chi connectivity index (χ0n) is 15.2. The highest BCUT2D eigenvalue weighted by atomic mass is 19.1. The molecule has 1 saturated heterocycles. The van der Waals surface area contributed by atoms with Gasteiger partial charge in [-0.25, -0.2) is 13.6 Å². The monoisotopic (exact) mass is 393 g/mol. The maximum Gasteiger partial charge on any atom is 0.341 e. The first-order chi connectivity index (χ1) is 13.4. The molecule has 150 valence electrons. The number of carboxylic acid groups (broad SMARTS) is 1. The summed E-state index contributed by atoms with van der Waals surface area (Å²) in [5, 5.41) is 19.6. The van der Waals surface area contributed by atoms with Gasteiger partial charge in [-0.3, -0.25) is 4.99 Å². The van der Waals surface area contributed by atoms with E-state index in [0.717, 1.165) is 31.2 Å². The highest BCUT2D eigenvalue weighted by Gasteiger charge is 2.45. The summed E-state index contributed by atoms with van der Waals surface area (Å²) in [7, 11) is 0. The summed E-state index contributed by atoms with van der Waals surface area (Å²) in [6.07, 6.45) is 4.32. The summed E-state index contributed by atoms with van der Waals surface area (Å²) in [5.41, 5.74) is -0.888. The molecule has 4 rings (SSSR count). The molecule has 1 aromatic rings. The molecular formula is C20H21F2NO5. The van der Waals surface area contributed by atoms with Crippen LogP contribution in [0.15, 0.2) is 22.7 Å². The summed E-state index contributed by atoms with van der Waals surface area (Å²) >= 11 is 0. The van der Waals surface area contributed by atoms with Crippen LogP contribution in [0.5, 0.6) is 0 Å². The van der Waals surface area contributed by atoms with Crippen molar-refractivity contribution in [3.63, 3.8) is 0 Å². The average molecular weight is 393 g/mol. The van der Waals surface area contributed by atoms with Crippen molar-refractivity contribution in [1.29, 1.82) is 0 Å². The van der Waals surface area contributed by atoms with Crippen molar-refractivity contribution < 1.29 is 33.3 Å². The van der Waals surface area contributed by atoms with Crippen molar-refractivity contribution in [2.75, 3.05) is 13.2 Å². The number of aliphatic carboxylic acids is 1. The second-order valence-electron chi connectivity index (χ2n) is 7.48. The van der Waals surface area contributed by atoms with Gasteiger partial charge in [0.05, 0.1) is 24.8 Å². The number of hydrogen-bond donors (Lipinski definition) is 2. The molecule has 1 unspecified atom stereocenters. The molecule has 2 aliphatic carbocycles. The van der Waals surface area contributed by atoms with Gasteiger partial charge in [-0.05, 0) is 42.9 Å². The van der Waals surface area contributed by atoms with Crippen molar-refractivity contribution >= 4 is 17.9 Å². The van der Waals surface area contributed by atoms with Gasteiger partial charge in [0.15, 0.2) is 5.79 Å². The first kappa shape index (κ1) is 19.0. The molecule has 2 N–H and O–H groups in total. The van der Waals surface area contributed by atoms with Crippen LogP contribution in [0.1, 0.15) is 49.1 Å². The zero-order valence-corrected chi connectivity index (χ0v) is 15.2. The lowest BCUT2D eigenvalue weighted by molar-refractivity contribution is -0.151. The fraction of sp³-hybridized carbons (Fsp3) is 0.500. The number of hydrogen-bond acceptors (Lipinski definition) is 5. The Kier molecular flexibility index (Phi) is 4.93. The van der Waals surface area contributed by atoms with Crippen LogP contribution in [0, 0.1) is 11.6 Å². The van der Waals surface area contributed by atoms with Crippen molar-refractivity contribution in [3.8, 4) is 0 Å². The third kappa shape index (κ3) is 3.66. The lowest BCUT2D eigenvalue weighted by atomic mass is 9.94. The molecule has 0 bridgehead atoms. The van der Waals surface area contributed by atoms with E-state index in [4.69, 9.17) is 9.47 Å². The van der Waals surface area contributed by atoms with Crippen molar-refractivity contribution in [2.45, 2.75) is 49.9 Å². The number of carboxylic acids is 1. The molecule has 0 aromatic heterocycles. The molecule has 6 nitrogen and oxygen atoms in total. The van der Waals surface area contributed by atoms with E-state index in [1.54, 1.807) is 0 Å². The van der Waals surface area contributed by atoms with Gasteiger partial charge in [0.25, 0.3) is 0 Å². The molecule has 3 aliphatic rings. The zero-order chi connectivity index (χ0) is 19.9. The standard InChI is InChI=1S/C20H21F2NO5/c21-16-8-14(18(24)15(19(25)26)10-23-12-1-2-12)17(22)7-13(16)11-3-4-20(9-11)27-5-6-28-20/h7-8,10-12,24H,1-6,9H2,(H,25,26)/b18-15+,23-10?. The Morgan fingerprint density at radius 1 is 1.14 bits per heavy atom. The van der Waals surface area contributed by atoms with Gasteiger partial charge in [0.2, 0.25) is 0 Å². The Hall–Kier alpha value is -2.32. The average Bonchev–Trinajstić information content (AvgIpc) is 3.22. The van der Waals surface area contributed by atoms with Crippen molar-refractivity contribution in [3.05, 3.63) is 40.5 Å². The van der Waals surface area contributed by atoms with Crippen LogP contribution in [0.4, 0.5) is 8.78 Å². The van der Waals surface area contributed by atoms with Gasteiger partial charge in [0.1, 0.15) is 23.0 Å². The Bertz CT molecular complexity index is 856. The normalized spacial score (nSPS) is 24.9. The van der Waals surface area contributed by atoms with Crippen LogP contribution in [-0.2, 0) is 14.3 Å². The quantitative estimate of drug-likeness (QED) is 0.454. The third-order valence-electron chi connectivity index (χ3n) is 5.47. The molecule has 1 spiro atoms. The highest BCUT2D eigenvalue weighted by molar-refractivity contribution is 6.14. The van der Waals surface area contributed by atoms with Gasteiger partial charge >= 0.3 is 5.97 Å². The number of nitrogens with zero attached hydrogens (tertiary/aromatic N) is 1. The van der Waals surface area contributed by atoms with E-state index >= 15 is 0 Å². The topological polar surface area (TPSA) is 88.4 Å². The van der Waals surface area contributed by atoms with Gasteiger partial charge in [0, 0.05) is 19.1 Å². The molecule has 0 radical (unpaired) electrons. The number of aliphatic imine (C=N–C) groups is 1. The molecule has 1 aliphatic heterocycles. The van der Waals surface area contributed by atoms with Gasteiger partial charge in [-0.1, -0.05) is 0 Å². The Morgan fingerprint density at radius 2 is 1.86 bits per heavy atom. The predicted octanol–water partition coefficient (Wildman–Crippen LogP) is 3.56. The number of benzene rings is 1. The maximum atomic E-state index is 14.7. The summed E-state index contributed by atoms with van der Waals surface area (Å²) in [6.45, 7) is 0.975. The largest absolute Gasteiger partial charge is 0.506 e. The van der Waals surface area contributed by atoms with Crippen LogP contribution in [0.25, 0.3) is 5.76 Å². The summed E-state index contributed by atoms with van der Waals surface area (Å²) < 4.78 is 40.7. The van der Waals surface area contributed by atoms with Gasteiger partial charge in [-0.2, -0.15) is 0 Å². The first-order valence-electron chi connectivity index (χ1n) is 9.35. The fourth-order valence-electron chi connectivity index (χ4n) is 3.82. The molecule has 1 aromatic carbocycles. The van der Waals surface area contributed by atoms with E-state index in [2.05, 4.69) is 4.99 Å². The van der Waals surface area contributed by atoms with Crippen LogP contribution in [0.3, 0.4) is 0 Å². The van der Waals surface area contributed by atoms with E-state index in [0.29, 0.717) is 32.5 Å². The molecule has 8 heteroatoms. The van der Waals surface area contributed by atoms with E-state index in [-0.39, 0.29) is 17.5 Å². The fourth-order valence-corrected chi connectivity index (χ4v) is 3.82. The molecule has 1 heterocycles. The Morgan fingerprint density at radius 3 is 2.50 bits per heavy atom. The second-order valence-corrected chi connectivity index (χ2v) is 7.48. The highest BCUT2D eigenvalue weighted by Crippen LogP contribution is 2.46. The van der Waals surface area contributed by atoms with E-state index in [9.17, 15) is 23.8 Å². The van der Waals surface area contributed by atoms with Crippen molar-refractivity contribution in [1.82, 2.24) is 0 Å². The van der Waals surface area contributed by atoms with E-state index in [1.165, 1.54) is 0 Å². The lowest BCUT2D eigenvalue weighted by Crippen LogP contribution is -2.25. The molecule has 2 saturated carbocycles. The lowest BCUT2D eigenvalue weighted by Gasteiger charge is -2.22. The number of carbonyl (C=O) groups is 1. The molecule has 28 heavy (non-hydrogen) atoms. The van der Waals surface area contributed by atoms with E-state index < -0.39 is 40.3 Å². The number of aliphatic hydroxyl groups is 1. The second kappa shape index (κ2) is 7.25. The maximum absolute atomic E-state index is 14.7. The minimum atomic E-state index is -1.46. The summed E-state index contributed by atoms with van der Waals surface area (Å²) in [5.74, 6) is -4.88. The van der Waals surface area contributed by atoms with Crippen LogP contribution < -0.4 is 0 Å². The van der Waals surface area contributed by atoms with Crippen LogP contribution >= 0.6 is 0 Å². The Labute approximate surface area is 160 Å². The summed E-state index contributed by atoms with van der Waals surface area (Å²) in [6, 6.07) is 1.90. The molecule has 1 atom stereocenters. The smallest absolute Gasteiger partial charge is 0.341 e. The van der Waals surface area contributed by atoms with Crippen LogP contribution in [0.2, 0.25) is 0 Å². The van der Waals surface area contributed by atoms with Gasteiger partial charge in [-0.15, -0.1) is 0 Å². The number of aliphatic hydroxyl groups excluding tert-OH is 1. The molecule has 3 fully saturated rings. The number of rotatable bonds is 5. The van der Waals surface area contributed by atoms with Gasteiger partial charge < -0.3 is 19.7 Å². The minimum absolute atomic E-state index is 0.0285. The SMILES string of the molecule is O=C(O)/C(C=NC1CC1)=C(/O)c1cc(F)c(C2CCC3(C2)OCCO3)cc1F. The number of halogens is 2. The third-order valence-corrected chi connectivity index (χ3v) is 5.47. The first-order valence-corrected chi connectivity index (χ1v) is 9.35. The molecule has 0 amide bonds. The predicted molar refractivity (Wildman–Crippen MR) is 96.3 cm³/mol. The number of ether oxygens (including phenoxy) is 2.